The largest absolute Gasteiger partial charge is 0.493 e. The van der Waals surface area contributed by atoms with Crippen LogP contribution in [0.3, 0.4) is 0 Å². The Balaban J connectivity index is 1.65. The van der Waals surface area contributed by atoms with Gasteiger partial charge in [0, 0.05) is 12.1 Å². The number of ether oxygens (including phenoxy) is 2. The summed E-state index contributed by atoms with van der Waals surface area (Å²) in [6.07, 6.45) is 0. The van der Waals surface area contributed by atoms with Gasteiger partial charge in [-0.2, -0.15) is 0 Å². The SMILES string of the molecule is COc1ccc(CNC(=O)CN2C(=O)C(c3ccc(F)cc3)=NC2(C)C)cc1OC. The summed E-state index contributed by atoms with van der Waals surface area (Å²) in [4.78, 5) is 31.2. The minimum absolute atomic E-state index is 0.146. The van der Waals surface area contributed by atoms with E-state index in [4.69, 9.17) is 9.47 Å². The number of amides is 2. The monoisotopic (exact) mass is 413 g/mol. The van der Waals surface area contributed by atoms with Crippen molar-refractivity contribution in [3.63, 3.8) is 0 Å². The maximum atomic E-state index is 13.2. The molecule has 0 saturated carbocycles. The highest BCUT2D eigenvalue weighted by atomic mass is 19.1. The van der Waals surface area contributed by atoms with Crippen molar-refractivity contribution in [3.05, 3.63) is 59.4 Å². The van der Waals surface area contributed by atoms with Crippen molar-refractivity contribution in [2.24, 2.45) is 4.99 Å². The molecule has 1 N–H and O–H groups in total. The van der Waals surface area contributed by atoms with Gasteiger partial charge in [0.2, 0.25) is 5.91 Å². The summed E-state index contributed by atoms with van der Waals surface area (Å²) in [6, 6.07) is 10.9. The molecule has 2 aromatic rings. The number of hydrogen-bond donors (Lipinski definition) is 1. The van der Waals surface area contributed by atoms with Gasteiger partial charge in [-0.25, -0.2) is 4.39 Å². The van der Waals surface area contributed by atoms with Crippen LogP contribution in [0.4, 0.5) is 4.39 Å². The summed E-state index contributed by atoms with van der Waals surface area (Å²) in [5.74, 6) is 0.0880. The molecular formula is C22H24FN3O4. The highest BCUT2D eigenvalue weighted by molar-refractivity contribution is 6.46. The topological polar surface area (TPSA) is 80.2 Å². The molecule has 0 radical (unpaired) electrons. The molecule has 2 aromatic carbocycles. The van der Waals surface area contributed by atoms with Crippen LogP contribution in [0.15, 0.2) is 47.5 Å². The van der Waals surface area contributed by atoms with Crippen molar-refractivity contribution in [3.8, 4) is 11.5 Å². The second-order valence-electron chi connectivity index (χ2n) is 7.32. The van der Waals surface area contributed by atoms with E-state index in [1.54, 1.807) is 40.2 Å². The third kappa shape index (κ3) is 4.42. The van der Waals surface area contributed by atoms with Gasteiger partial charge in [0.25, 0.3) is 5.91 Å². The van der Waals surface area contributed by atoms with Crippen molar-refractivity contribution >= 4 is 17.5 Å². The molecule has 1 aliphatic heterocycles. The number of nitrogens with one attached hydrogen (secondary N) is 1. The molecule has 158 valence electrons. The zero-order valence-corrected chi connectivity index (χ0v) is 17.4. The molecule has 3 rings (SSSR count). The Morgan fingerprint density at radius 1 is 1.10 bits per heavy atom. The standard InChI is InChI=1S/C22H24FN3O4/c1-22(2)25-20(15-6-8-16(23)9-7-15)21(28)26(22)13-19(27)24-12-14-5-10-17(29-3)18(11-14)30-4/h5-11H,12-13H2,1-4H3,(H,24,27). The molecule has 0 bridgehead atoms. The van der Waals surface area contributed by atoms with E-state index >= 15 is 0 Å². The molecule has 0 fully saturated rings. The lowest BCUT2D eigenvalue weighted by Crippen LogP contribution is -2.48. The Morgan fingerprint density at radius 2 is 1.77 bits per heavy atom. The molecule has 0 aliphatic carbocycles. The first-order valence-corrected chi connectivity index (χ1v) is 9.40. The summed E-state index contributed by atoms with van der Waals surface area (Å²) in [5, 5.41) is 2.81. The number of carbonyl (C=O) groups excluding carboxylic acids is 2. The fourth-order valence-corrected chi connectivity index (χ4v) is 3.21. The number of carbonyl (C=O) groups is 2. The Bertz CT molecular complexity index is 986. The quantitative estimate of drug-likeness (QED) is 0.757. The van der Waals surface area contributed by atoms with Gasteiger partial charge >= 0.3 is 0 Å². The summed E-state index contributed by atoms with van der Waals surface area (Å²) < 4.78 is 23.7. The normalized spacial score (nSPS) is 15.0. The van der Waals surface area contributed by atoms with Crippen LogP contribution in [0.25, 0.3) is 0 Å². The highest BCUT2D eigenvalue weighted by Gasteiger charge is 2.41. The predicted molar refractivity (Wildman–Crippen MR) is 110 cm³/mol. The van der Waals surface area contributed by atoms with E-state index < -0.39 is 11.5 Å². The zero-order valence-electron chi connectivity index (χ0n) is 17.4. The number of nitrogens with zero attached hydrogens (tertiary/aromatic N) is 2. The van der Waals surface area contributed by atoms with Crippen LogP contribution in [0.2, 0.25) is 0 Å². The molecule has 0 saturated heterocycles. The fourth-order valence-electron chi connectivity index (χ4n) is 3.21. The van der Waals surface area contributed by atoms with Gasteiger partial charge in [0.15, 0.2) is 11.5 Å². The second-order valence-corrected chi connectivity index (χ2v) is 7.32. The lowest BCUT2D eigenvalue weighted by molar-refractivity contribution is -0.134. The zero-order chi connectivity index (χ0) is 21.9. The molecule has 0 unspecified atom stereocenters. The summed E-state index contributed by atoms with van der Waals surface area (Å²) in [6.45, 7) is 3.63. The lowest BCUT2D eigenvalue weighted by Gasteiger charge is -2.28. The third-order valence-electron chi connectivity index (χ3n) is 4.85. The van der Waals surface area contributed by atoms with Gasteiger partial charge in [-0.3, -0.25) is 14.6 Å². The minimum atomic E-state index is -0.887. The van der Waals surface area contributed by atoms with Gasteiger partial charge in [-0.1, -0.05) is 6.07 Å². The Hall–Kier alpha value is -3.42. The van der Waals surface area contributed by atoms with Crippen molar-refractivity contribution in [1.82, 2.24) is 10.2 Å². The number of benzene rings is 2. The smallest absolute Gasteiger partial charge is 0.275 e. The maximum Gasteiger partial charge on any atom is 0.275 e. The minimum Gasteiger partial charge on any atom is -0.493 e. The lowest BCUT2D eigenvalue weighted by atomic mass is 10.1. The molecule has 1 aliphatic rings. The Kier molecular flexibility index (Phi) is 6.05. The molecule has 0 spiro atoms. The molecule has 7 nitrogen and oxygen atoms in total. The number of halogens is 1. The number of hydrogen-bond acceptors (Lipinski definition) is 5. The van der Waals surface area contributed by atoms with Crippen LogP contribution in [-0.2, 0) is 16.1 Å². The molecule has 0 aromatic heterocycles. The molecule has 1 heterocycles. The van der Waals surface area contributed by atoms with Gasteiger partial charge in [0.05, 0.1) is 14.2 Å². The van der Waals surface area contributed by atoms with E-state index in [0.717, 1.165) is 5.56 Å². The highest BCUT2D eigenvalue weighted by Crippen LogP contribution is 2.28. The van der Waals surface area contributed by atoms with Crippen molar-refractivity contribution in [2.75, 3.05) is 20.8 Å². The van der Waals surface area contributed by atoms with Crippen molar-refractivity contribution < 1.29 is 23.5 Å². The van der Waals surface area contributed by atoms with Crippen LogP contribution < -0.4 is 14.8 Å². The van der Waals surface area contributed by atoms with Gasteiger partial charge in [-0.05, 0) is 55.8 Å². The average Bonchev–Trinajstić information content (AvgIpc) is 2.96. The third-order valence-corrected chi connectivity index (χ3v) is 4.85. The Morgan fingerprint density at radius 3 is 2.40 bits per heavy atom. The van der Waals surface area contributed by atoms with Gasteiger partial charge < -0.3 is 19.7 Å². The van der Waals surface area contributed by atoms with E-state index in [2.05, 4.69) is 10.3 Å². The second kappa shape index (κ2) is 8.52. The van der Waals surface area contributed by atoms with Crippen LogP contribution in [0.5, 0.6) is 11.5 Å². The summed E-state index contributed by atoms with van der Waals surface area (Å²) in [7, 11) is 3.09. The van der Waals surface area contributed by atoms with Crippen molar-refractivity contribution in [1.29, 1.82) is 0 Å². The van der Waals surface area contributed by atoms with E-state index in [9.17, 15) is 14.0 Å². The summed E-state index contributed by atoms with van der Waals surface area (Å²) in [5.41, 5.74) is 0.674. The number of methoxy groups -OCH3 is 2. The van der Waals surface area contributed by atoms with Crippen LogP contribution in [0.1, 0.15) is 25.0 Å². The van der Waals surface area contributed by atoms with E-state index in [1.807, 2.05) is 6.07 Å². The Labute approximate surface area is 174 Å². The first-order valence-electron chi connectivity index (χ1n) is 9.40. The van der Waals surface area contributed by atoms with Crippen LogP contribution >= 0.6 is 0 Å². The summed E-state index contributed by atoms with van der Waals surface area (Å²) >= 11 is 0. The van der Waals surface area contributed by atoms with Crippen molar-refractivity contribution in [2.45, 2.75) is 26.1 Å². The predicted octanol–water partition coefficient (Wildman–Crippen LogP) is 2.53. The first kappa shape index (κ1) is 21.3. The molecule has 2 amide bonds. The van der Waals surface area contributed by atoms with E-state index in [0.29, 0.717) is 17.1 Å². The number of rotatable bonds is 7. The van der Waals surface area contributed by atoms with E-state index in [1.165, 1.54) is 29.2 Å². The molecule has 8 heteroatoms. The van der Waals surface area contributed by atoms with Gasteiger partial charge in [0.1, 0.15) is 23.7 Å². The first-order chi connectivity index (χ1) is 14.2. The fraction of sp³-hybridized carbons (Fsp3) is 0.318. The number of aliphatic imine (C=N–C) groups is 1. The van der Waals surface area contributed by atoms with Crippen LogP contribution in [-0.4, -0.2) is 48.9 Å². The molecule has 0 atom stereocenters. The van der Waals surface area contributed by atoms with E-state index in [-0.39, 0.29) is 30.6 Å². The average molecular weight is 413 g/mol. The van der Waals surface area contributed by atoms with Crippen LogP contribution in [0, 0.1) is 5.82 Å². The molecule has 30 heavy (non-hydrogen) atoms. The van der Waals surface area contributed by atoms with Gasteiger partial charge in [-0.15, -0.1) is 0 Å². The maximum absolute atomic E-state index is 13.2. The molecular weight excluding hydrogens is 389 g/mol.